The van der Waals surface area contributed by atoms with Gasteiger partial charge in [0.2, 0.25) is 0 Å². The summed E-state index contributed by atoms with van der Waals surface area (Å²) in [5.41, 5.74) is 1.24. The van der Waals surface area contributed by atoms with Crippen LogP contribution in [-0.2, 0) is 0 Å². The maximum atomic E-state index is 5.61. The van der Waals surface area contributed by atoms with Gasteiger partial charge in [-0.05, 0) is 44.8 Å². The number of benzene rings is 1. The molecular weight excluding hydrogens is 312 g/mol. The van der Waals surface area contributed by atoms with E-state index in [1.807, 2.05) is 19.2 Å². The van der Waals surface area contributed by atoms with Crippen molar-refractivity contribution in [2.45, 2.75) is 45.7 Å². The Kier molecular flexibility index (Phi) is 7.56. The number of aliphatic imine (C=N–C) groups is 1. The van der Waals surface area contributed by atoms with Gasteiger partial charge in [-0.3, -0.25) is 9.89 Å². The molecular formula is C20H34N4O. The van der Waals surface area contributed by atoms with Crippen LogP contribution in [0.25, 0.3) is 0 Å². The highest BCUT2D eigenvalue weighted by atomic mass is 16.5. The molecule has 0 spiro atoms. The van der Waals surface area contributed by atoms with E-state index in [-0.39, 0.29) is 6.04 Å². The van der Waals surface area contributed by atoms with E-state index in [0.29, 0.717) is 12.0 Å². The van der Waals surface area contributed by atoms with Crippen LogP contribution in [0.2, 0.25) is 0 Å². The van der Waals surface area contributed by atoms with Crippen LogP contribution in [0.1, 0.15) is 45.2 Å². The van der Waals surface area contributed by atoms with Gasteiger partial charge in [0.1, 0.15) is 5.75 Å². The van der Waals surface area contributed by atoms with Crippen molar-refractivity contribution in [3.05, 3.63) is 29.8 Å². The molecule has 1 aromatic carbocycles. The van der Waals surface area contributed by atoms with Crippen LogP contribution in [0.5, 0.6) is 5.75 Å². The van der Waals surface area contributed by atoms with Gasteiger partial charge < -0.3 is 15.4 Å². The lowest BCUT2D eigenvalue weighted by molar-refractivity contribution is 0.239. The first-order valence-corrected chi connectivity index (χ1v) is 9.41. The summed E-state index contributed by atoms with van der Waals surface area (Å²) in [6, 6.07) is 9.01. The summed E-state index contributed by atoms with van der Waals surface area (Å²) >= 11 is 0. The van der Waals surface area contributed by atoms with Crippen LogP contribution >= 0.6 is 0 Å². The largest absolute Gasteiger partial charge is 0.496 e. The first kappa shape index (κ1) is 19.6. The van der Waals surface area contributed by atoms with Gasteiger partial charge in [-0.2, -0.15) is 0 Å². The number of ether oxygens (including phenoxy) is 1. The number of methoxy groups -OCH3 is 1. The molecule has 0 radical (unpaired) electrons. The van der Waals surface area contributed by atoms with Crippen LogP contribution in [0.4, 0.5) is 0 Å². The lowest BCUT2D eigenvalue weighted by Gasteiger charge is -2.30. The van der Waals surface area contributed by atoms with Crippen LogP contribution in [0.3, 0.4) is 0 Å². The van der Waals surface area contributed by atoms with Gasteiger partial charge in [0.15, 0.2) is 5.96 Å². The zero-order chi connectivity index (χ0) is 18.2. The second-order valence-corrected chi connectivity index (χ2v) is 7.13. The minimum atomic E-state index is 0.284. The monoisotopic (exact) mass is 346 g/mol. The Morgan fingerprint density at radius 3 is 2.48 bits per heavy atom. The molecule has 1 aliphatic rings. The summed E-state index contributed by atoms with van der Waals surface area (Å²) in [4.78, 5) is 6.94. The smallest absolute Gasteiger partial charge is 0.191 e. The fraction of sp³-hybridized carbons (Fsp3) is 0.650. The minimum absolute atomic E-state index is 0.284. The summed E-state index contributed by atoms with van der Waals surface area (Å²) in [5, 5.41) is 7.00. The third-order valence-electron chi connectivity index (χ3n) is 5.13. The predicted molar refractivity (Wildman–Crippen MR) is 105 cm³/mol. The highest BCUT2D eigenvalue weighted by molar-refractivity contribution is 5.80. The number of nitrogens with zero attached hydrogens (tertiary/aromatic N) is 2. The maximum Gasteiger partial charge on any atom is 0.191 e. The van der Waals surface area contributed by atoms with Crippen molar-refractivity contribution in [1.29, 1.82) is 0 Å². The predicted octanol–water partition coefficient (Wildman–Crippen LogP) is 3.04. The average Bonchev–Trinajstić information content (AvgIpc) is 3.15. The third-order valence-corrected chi connectivity index (χ3v) is 5.13. The zero-order valence-corrected chi connectivity index (χ0v) is 16.4. The average molecular weight is 347 g/mol. The van der Waals surface area contributed by atoms with Gasteiger partial charge >= 0.3 is 0 Å². The number of guanidine groups is 1. The molecule has 1 saturated heterocycles. The molecule has 2 N–H and O–H groups in total. The van der Waals surface area contributed by atoms with Crippen molar-refractivity contribution in [1.82, 2.24) is 15.5 Å². The fourth-order valence-electron chi connectivity index (χ4n) is 3.20. The number of para-hydroxylation sites is 1. The Hall–Kier alpha value is -1.75. The molecule has 0 amide bonds. The molecule has 5 nitrogen and oxygen atoms in total. The number of likely N-dealkylation sites (tertiary alicyclic amines) is 1. The molecule has 1 heterocycles. The van der Waals surface area contributed by atoms with E-state index < -0.39 is 0 Å². The summed E-state index contributed by atoms with van der Waals surface area (Å²) in [6.07, 6.45) is 2.53. The molecule has 1 fully saturated rings. The van der Waals surface area contributed by atoms with Gasteiger partial charge in [-0.15, -0.1) is 0 Å². The molecule has 140 valence electrons. The number of rotatable bonds is 7. The van der Waals surface area contributed by atoms with E-state index in [2.05, 4.69) is 53.4 Å². The van der Waals surface area contributed by atoms with Crippen LogP contribution < -0.4 is 15.4 Å². The summed E-state index contributed by atoms with van der Waals surface area (Å²) in [5.74, 6) is 2.38. The Bertz CT molecular complexity index is 552. The van der Waals surface area contributed by atoms with E-state index in [1.165, 1.54) is 18.4 Å². The third kappa shape index (κ3) is 5.36. The maximum absolute atomic E-state index is 5.61. The first-order valence-electron chi connectivity index (χ1n) is 9.41. The Morgan fingerprint density at radius 2 is 1.88 bits per heavy atom. The number of hydrogen-bond acceptors (Lipinski definition) is 3. The Balaban J connectivity index is 2.11. The van der Waals surface area contributed by atoms with Crippen molar-refractivity contribution in [3.63, 3.8) is 0 Å². The molecule has 1 aromatic rings. The van der Waals surface area contributed by atoms with Crippen molar-refractivity contribution >= 4 is 5.96 Å². The lowest BCUT2D eigenvalue weighted by atomic mass is 10.0. The van der Waals surface area contributed by atoms with Crippen molar-refractivity contribution in [2.75, 3.05) is 33.8 Å². The lowest BCUT2D eigenvalue weighted by Crippen LogP contribution is -2.47. The van der Waals surface area contributed by atoms with Crippen molar-refractivity contribution < 1.29 is 4.74 Å². The molecule has 25 heavy (non-hydrogen) atoms. The zero-order valence-electron chi connectivity index (χ0n) is 16.4. The number of hydrogen-bond donors (Lipinski definition) is 2. The first-order chi connectivity index (χ1) is 12.1. The molecule has 0 aliphatic carbocycles. The summed E-state index contributed by atoms with van der Waals surface area (Å²) in [6.45, 7) is 9.71. The quantitative estimate of drug-likeness (QED) is 0.588. The molecule has 2 atom stereocenters. The number of nitrogens with one attached hydrogen (secondary N) is 2. The molecule has 2 unspecified atom stereocenters. The van der Waals surface area contributed by atoms with Gasteiger partial charge in [0.05, 0.1) is 13.2 Å². The van der Waals surface area contributed by atoms with Crippen LogP contribution in [0, 0.1) is 5.92 Å². The van der Waals surface area contributed by atoms with Crippen molar-refractivity contribution in [2.24, 2.45) is 10.9 Å². The van der Waals surface area contributed by atoms with E-state index in [0.717, 1.165) is 31.3 Å². The molecule has 1 aliphatic heterocycles. The summed E-state index contributed by atoms with van der Waals surface area (Å²) in [7, 11) is 3.58. The van der Waals surface area contributed by atoms with Gasteiger partial charge in [-0.1, -0.05) is 32.0 Å². The normalized spacial score (nSPS) is 18.2. The van der Waals surface area contributed by atoms with Crippen molar-refractivity contribution in [3.8, 4) is 5.75 Å². The highest BCUT2D eigenvalue weighted by Crippen LogP contribution is 2.31. The Morgan fingerprint density at radius 1 is 1.20 bits per heavy atom. The van der Waals surface area contributed by atoms with E-state index in [9.17, 15) is 0 Å². The molecule has 2 rings (SSSR count). The van der Waals surface area contributed by atoms with Crippen LogP contribution in [-0.4, -0.2) is 50.7 Å². The topological polar surface area (TPSA) is 48.9 Å². The minimum Gasteiger partial charge on any atom is -0.496 e. The second kappa shape index (κ2) is 9.66. The van der Waals surface area contributed by atoms with E-state index >= 15 is 0 Å². The molecule has 0 aromatic heterocycles. The molecule has 0 bridgehead atoms. The van der Waals surface area contributed by atoms with Gasteiger partial charge in [0.25, 0.3) is 0 Å². The van der Waals surface area contributed by atoms with Gasteiger partial charge in [0, 0.05) is 25.2 Å². The van der Waals surface area contributed by atoms with E-state index in [1.54, 1.807) is 7.11 Å². The molecule has 0 saturated carbocycles. The van der Waals surface area contributed by atoms with Gasteiger partial charge in [-0.25, -0.2) is 0 Å². The molecule has 5 heteroatoms. The van der Waals surface area contributed by atoms with E-state index in [4.69, 9.17) is 4.74 Å². The fourth-order valence-corrected chi connectivity index (χ4v) is 3.20. The SMILES string of the molecule is CN=C(NCC(c1ccccc1OC)N1CCCC1)NC(C)C(C)C. The second-order valence-electron chi connectivity index (χ2n) is 7.13. The highest BCUT2D eigenvalue weighted by Gasteiger charge is 2.26. The standard InChI is InChI=1S/C20H34N4O/c1-15(2)16(3)23-20(21-4)22-14-18(24-12-8-9-13-24)17-10-6-7-11-19(17)25-5/h6-7,10-11,15-16,18H,8-9,12-14H2,1-5H3,(H2,21,22,23). The Labute approximate surface area is 152 Å². The summed E-state index contributed by atoms with van der Waals surface area (Å²) < 4.78 is 5.61. The van der Waals surface area contributed by atoms with Crippen LogP contribution in [0.15, 0.2) is 29.3 Å².